The van der Waals surface area contributed by atoms with Crippen molar-refractivity contribution in [2.75, 3.05) is 13.2 Å². The van der Waals surface area contributed by atoms with Gasteiger partial charge in [0.05, 0.1) is 24.7 Å². The standard InChI is InChI=1S/C13H26O5/c1-12(2,3)11(15)17-8-6-7-10(9-14)18-13(4,5)16/h10,14,16H,6-9H2,1-5H3. The Hall–Kier alpha value is -0.650. The van der Waals surface area contributed by atoms with Crippen LogP contribution in [0.4, 0.5) is 0 Å². The Kier molecular flexibility index (Phi) is 6.81. The molecule has 0 heterocycles. The minimum absolute atomic E-state index is 0.169. The van der Waals surface area contributed by atoms with Gasteiger partial charge in [-0.05, 0) is 47.5 Å². The second-order valence-corrected chi connectivity index (χ2v) is 5.90. The second-order valence-electron chi connectivity index (χ2n) is 5.90. The first kappa shape index (κ1) is 17.4. The third kappa shape index (κ3) is 8.44. The predicted octanol–water partition coefficient (Wildman–Crippen LogP) is 1.46. The summed E-state index contributed by atoms with van der Waals surface area (Å²) in [4.78, 5) is 11.5. The lowest BCUT2D eigenvalue weighted by Gasteiger charge is -2.25. The molecule has 0 radical (unpaired) electrons. The first-order valence-electron chi connectivity index (χ1n) is 6.24. The van der Waals surface area contributed by atoms with E-state index in [-0.39, 0.29) is 12.6 Å². The maximum atomic E-state index is 11.5. The van der Waals surface area contributed by atoms with Crippen LogP contribution in [0.3, 0.4) is 0 Å². The third-order valence-electron chi connectivity index (χ3n) is 2.17. The van der Waals surface area contributed by atoms with E-state index in [1.54, 1.807) is 20.8 Å². The molecule has 0 saturated carbocycles. The van der Waals surface area contributed by atoms with Crippen LogP contribution in [0, 0.1) is 5.41 Å². The van der Waals surface area contributed by atoms with Gasteiger partial charge in [-0.15, -0.1) is 0 Å². The van der Waals surface area contributed by atoms with Gasteiger partial charge >= 0.3 is 5.97 Å². The van der Waals surface area contributed by atoms with Gasteiger partial charge in [0.2, 0.25) is 0 Å². The van der Waals surface area contributed by atoms with Crippen LogP contribution in [0.15, 0.2) is 0 Å². The summed E-state index contributed by atoms with van der Waals surface area (Å²) in [5.74, 6) is -1.51. The highest BCUT2D eigenvalue weighted by molar-refractivity contribution is 5.75. The third-order valence-corrected chi connectivity index (χ3v) is 2.17. The molecule has 0 spiro atoms. The van der Waals surface area contributed by atoms with E-state index in [1.807, 2.05) is 0 Å². The van der Waals surface area contributed by atoms with E-state index in [1.165, 1.54) is 13.8 Å². The Morgan fingerprint density at radius 2 is 1.78 bits per heavy atom. The van der Waals surface area contributed by atoms with Gasteiger partial charge in [0, 0.05) is 0 Å². The summed E-state index contributed by atoms with van der Waals surface area (Å²) in [6.07, 6.45) is 0.666. The van der Waals surface area contributed by atoms with Gasteiger partial charge in [-0.3, -0.25) is 4.79 Å². The molecule has 18 heavy (non-hydrogen) atoms. The molecule has 0 aliphatic heterocycles. The van der Waals surface area contributed by atoms with Gasteiger partial charge in [-0.1, -0.05) is 0 Å². The van der Waals surface area contributed by atoms with Crippen LogP contribution < -0.4 is 0 Å². The summed E-state index contributed by atoms with van der Waals surface area (Å²) >= 11 is 0. The fourth-order valence-corrected chi connectivity index (χ4v) is 1.29. The number of esters is 1. The van der Waals surface area contributed by atoms with Crippen molar-refractivity contribution in [3.63, 3.8) is 0 Å². The fraction of sp³-hybridized carbons (Fsp3) is 0.923. The summed E-state index contributed by atoms with van der Waals surface area (Å²) in [6.45, 7) is 8.53. The fourth-order valence-electron chi connectivity index (χ4n) is 1.29. The largest absolute Gasteiger partial charge is 0.465 e. The normalized spacial score (nSPS) is 14.4. The van der Waals surface area contributed by atoms with E-state index in [2.05, 4.69) is 0 Å². The van der Waals surface area contributed by atoms with Gasteiger partial charge in [-0.2, -0.15) is 0 Å². The Labute approximate surface area is 109 Å². The molecule has 108 valence electrons. The van der Waals surface area contributed by atoms with Crippen LogP contribution in [0.1, 0.15) is 47.5 Å². The van der Waals surface area contributed by atoms with Gasteiger partial charge in [-0.25, -0.2) is 0 Å². The summed E-state index contributed by atoms with van der Waals surface area (Å²) < 4.78 is 10.3. The van der Waals surface area contributed by atoms with E-state index in [4.69, 9.17) is 14.6 Å². The van der Waals surface area contributed by atoms with Crippen molar-refractivity contribution in [2.24, 2.45) is 5.41 Å². The van der Waals surface area contributed by atoms with Crippen molar-refractivity contribution in [3.05, 3.63) is 0 Å². The molecule has 0 bridgehead atoms. The Morgan fingerprint density at radius 3 is 2.17 bits per heavy atom. The highest BCUT2D eigenvalue weighted by atomic mass is 16.6. The van der Waals surface area contributed by atoms with Crippen LogP contribution in [0.25, 0.3) is 0 Å². The Bertz CT molecular complexity index is 249. The molecular weight excluding hydrogens is 236 g/mol. The number of aliphatic hydroxyl groups excluding tert-OH is 1. The molecule has 0 aromatic carbocycles. The molecule has 0 rings (SSSR count). The van der Waals surface area contributed by atoms with Gasteiger partial charge in [0.1, 0.15) is 0 Å². The highest BCUT2D eigenvalue weighted by Gasteiger charge is 2.23. The number of aliphatic hydroxyl groups is 2. The molecule has 5 heteroatoms. The van der Waals surface area contributed by atoms with Gasteiger partial charge in [0.15, 0.2) is 5.79 Å². The molecule has 0 aromatic heterocycles. The van der Waals surface area contributed by atoms with Crippen molar-refractivity contribution in [3.8, 4) is 0 Å². The molecule has 2 N–H and O–H groups in total. The lowest BCUT2D eigenvalue weighted by Crippen LogP contribution is -2.32. The quantitative estimate of drug-likeness (QED) is 0.413. The Morgan fingerprint density at radius 1 is 1.22 bits per heavy atom. The molecule has 0 saturated heterocycles. The summed E-state index contributed by atoms with van der Waals surface area (Å²) in [7, 11) is 0. The monoisotopic (exact) mass is 262 g/mol. The average Bonchev–Trinajstić information content (AvgIpc) is 2.19. The van der Waals surface area contributed by atoms with Gasteiger partial charge < -0.3 is 19.7 Å². The van der Waals surface area contributed by atoms with E-state index in [0.717, 1.165) is 0 Å². The number of rotatable bonds is 7. The van der Waals surface area contributed by atoms with Crippen LogP contribution in [-0.2, 0) is 14.3 Å². The highest BCUT2D eigenvalue weighted by Crippen LogP contribution is 2.16. The first-order valence-corrected chi connectivity index (χ1v) is 6.24. The van der Waals surface area contributed by atoms with Crippen molar-refractivity contribution in [1.82, 2.24) is 0 Å². The molecule has 0 aromatic rings. The summed E-state index contributed by atoms with van der Waals surface area (Å²) in [5, 5.41) is 18.5. The number of carbonyl (C=O) groups excluding carboxylic acids is 1. The maximum Gasteiger partial charge on any atom is 0.311 e. The van der Waals surface area contributed by atoms with Crippen LogP contribution >= 0.6 is 0 Å². The minimum atomic E-state index is -1.27. The zero-order valence-electron chi connectivity index (χ0n) is 12.0. The van der Waals surface area contributed by atoms with E-state index >= 15 is 0 Å². The molecule has 0 amide bonds. The van der Waals surface area contributed by atoms with Crippen molar-refractivity contribution in [2.45, 2.75) is 59.4 Å². The summed E-state index contributed by atoms with van der Waals surface area (Å²) in [5.41, 5.74) is -0.500. The average molecular weight is 262 g/mol. The molecule has 1 unspecified atom stereocenters. The molecule has 0 fully saturated rings. The number of hydrogen-bond donors (Lipinski definition) is 2. The van der Waals surface area contributed by atoms with Crippen LogP contribution in [0.5, 0.6) is 0 Å². The zero-order chi connectivity index (χ0) is 14.4. The molecule has 0 aliphatic rings. The molecule has 5 nitrogen and oxygen atoms in total. The topological polar surface area (TPSA) is 76.0 Å². The molecular formula is C13H26O5. The smallest absolute Gasteiger partial charge is 0.311 e. The zero-order valence-corrected chi connectivity index (χ0v) is 12.0. The van der Waals surface area contributed by atoms with Crippen molar-refractivity contribution in [1.29, 1.82) is 0 Å². The van der Waals surface area contributed by atoms with Gasteiger partial charge in [0.25, 0.3) is 0 Å². The van der Waals surface area contributed by atoms with E-state index < -0.39 is 17.3 Å². The molecule has 1 atom stereocenters. The summed E-state index contributed by atoms with van der Waals surface area (Å²) in [6, 6.07) is 0. The lowest BCUT2D eigenvalue weighted by molar-refractivity contribution is -0.214. The molecule has 0 aliphatic carbocycles. The number of carbonyl (C=O) groups is 1. The predicted molar refractivity (Wildman–Crippen MR) is 67.9 cm³/mol. The van der Waals surface area contributed by atoms with E-state index in [0.29, 0.717) is 19.4 Å². The Balaban J connectivity index is 3.86. The van der Waals surface area contributed by atoms with Crippen LogP contribution in [-0.4, -0.2) is 41.3 Å². The van der Waals surface area contributed by atoms with Crippen molar-refractivity contribution < 1.29 is 24.5 Å². The SMILES string of the molecule is CC(C)(O)OC(CO)CCCOC(=O)C(C)(C)C. The second kappa shape index (κ2) is 7.07. The lowest BCUT2D eigenvalue weighted by atomic mass is 9.97. The number of hydrogen-bond acceptors (Lipinski definition) is 5. The number of ether oxygens (including phenoxy) is 2. The minimum Gasteiger partial charge on any atom is -0.465 e. The van der Waals surface area contributed by atoms with Crippen molar-refractivity contribution >= 4 is 5.97 Å². The maximum absolute atomic E-state index is 11.5. The van der Waals surface area contributed by atoms with Crippen LogP contribution in [0.2, 0.25) is 0 Å². The van der Waals surface area contributed by atoms with E-state index in [9.17, 15) is 9.90 Å². The first-order chi connectivity index (χ1) is 8.06.